The van der Waals surface area contributed by atoms with Crippen LogP contribution in [0, 0.1) is 5.92 Å². The van der Waals surface area contributed by atoms with Gasteiger partial charge in [0.2, 0.25) is 0 Å². The van der Waals surface area contributed by atoms with E-state index >= 15 is 0 Å². The lowest BCUT2D eigenvalue weighted by Crippen LogP contribution is -2.39. The van der Waals surface area contributed by atoms with Crippen molar-refractivity contribution in [1.82, 2.24) is 5.32 Å². The summed E-state index contributed by atoms with van der Waals surface area (Å²) in [6.45, 7) is 1.67. The maximum absolute atomic E-state index is 12.3. The molecule has 0 saturated heterocycles. The Hall–Kier alpha value is -3.86. The monoisotopic (exact) mass is 549 g/mol. The molecule has 0 spiro atoms. The summed E-state index contributed by atoms with van der Waals surface area (Å²) in [5.74, 6) is -0.768. The Kier molecular flexibility index (Phi) is 10.3. The average molecular weight is 550 g/mol. The molecule has 0 bridgehead atoms. The van der Waals surface area contributed by atoms with E-state index in [0.717, 1.165) is 22.6 Å². The van der Waals surface area contributed by atoms with Crippen LogP contribution < -0.4 is 14.8 Å². The first-order valence-corrected chi connectivity index (χ1v) is 12.5. The van der Waals surface area contributed by atoms with Gasteiger partial charge in [0.25, 0.3) is 0 Å². The summed E-state index contributed by atoms with van der Waals surface area (Å²) < 4.78 is 51.6. The Morgan fingerprint density at radius 1 is 0.921 bits per heavy atom. The van der Waals surface area contributed by atoms with Crippen LogP contribution in [0.4, 0.5) is 18.0 Å². The van der Waals surface area contributed by atoms with Crippen LogP contribution in [-0.4, -0.2) is 35.3 Å². The number of rotatable bonds is 12. The van der Waals surface area contributed by atoms with Crippen LogP contribution in [0.15, 0.2) is 83.8 Å². The number of aliphatic carboxylic acids is 1. The summed E-state index contributed by atoms with van der Waals surface area (Å²) >= 11 is 1.42. The highest BCUT2D eigenvalue weighted by molar-refractivity contribution is 7.99. The minimum absolute atomic E-state index is 0.0978. The summed E-state index contributed by atoms with van der Waals surface area (Å²) in [6, 6.07) is 20.7. The van der Waals surface area contributed by atoms with Crippen molar-refractivity contribution in [3.63, 3.8) is 0 Å². The largest absolute Gasteiger partial charge is 0.573 e. The number of thioether (sulfide) groups is 1. The predicted molar refractivity (Wildman–Crippen MR) is 135 cm³/mol. The molecule has 2 atom stereocenters. The number of carbonyl (C=O) groups excluding carboxylic acids is 1. The number of alkyl carbamates (subject to hydrolysis) is 1. The van der Waals surface area contributed by atoms with Crippen LogP contribution in [-0.2, 0) is 16.1 Å². The lowest BCUT2D eigenvalue weighted by Gasteiger charge is -2.20. The number of carboxylic acid groups (broad SMARTS) is 1. The fourth-order valence-corrected chi connectivity index (χ4v) is 4.22. The van der Waals surface area contributed by atoms with Crippen LogP contribution >= 0.6 is 11.8 Å². The third-order valence-corrected chi connectivity index (χ3v) is 6.34. The fourth-order valence-electron chi connectivity index (χ4n) is 3.27. The Labute approximate surface area is 221 Å². The van der Waals surface area contributed by atoms with Gasteiger partial charge < -0.3 is 24.6 Å². The summed E-state index contributed by atoms with van der Waals surface area (Å²) in [5, 5.41) is 12.1. The first-order chi connectivity index (χ1) is 18.1. The van der Waals surface area contributed by atoms with Crippen molar-refractivity contribution >= 4 is 23.8 Å². The first kappa shape index (κ1) is 28.7. The molecule has 0 saturated carbocycles. The van der Waals surface area contributed by atoms with Crippen molar-refractivity contribution in [2.75, 3.05) is 5.75 Å². The Morgan fingerprint density at radius 3 is 2.08 bits per heavy atom. The van der Waals surface area contributed by atoms with Crippen LogP contribution in [0.1, 0.15) is 18.9 Å². The zero-order valence-corrected chi connectivity index (χ0v) is 21.1. The maximum atomic E-state index is 12.3. The van der Waals surface area contributed by atoms with Crippen molar-refractivity contribution in [2.24, 2.45) is 5.92 Å². The highest BCUT2D eigenvalue weighted by Gasteiger charge is 2.31. The normalized spacial score (nSPS) is 12.7. The smallest absolute Gasteiger partial charge is 0.481 e. The van der Waals surface area contributed by atoms with Crippen molar-refractivity contribution in [2.45, 2.75) is 37.3 Å². The summed E-state index contributed by atoms with van der Waals surface area (Å²) in [7, 11) is 0. The quantitative estimate of drug-likeness (QED) is 0.238. The number of benzene rings is 3. The maximum Gasteiger partial charge on any atom is 0.573 e. The molecule has 0 aromatic heterocycles. The Balaban J connectivity index is 1.53. The van der Waals surface area contributed by atoms with Crippen molar-refractivity contribution in [3.8, 4) is 17.2 Å². The molecule has 1 amide bonds. The van der Waals surface area contributed by atoms with Gasteiger partial charge in [0.15, 0.2) is 0 Å². The third kappa shape index (κ3) is 10.3. The standard InChI is InChI=1S/C27H26F3NO6S/c1-18(25(32)33)15-20(31-26(34)35-16-19-5-3-2-4-6-19)17-38-24-13-11-22(12-14-24)36-21-7-9-23(10-8-21)37-27(28,29)30/h2-14,18,20H,15-17H2,1H3,(H,31,34)(H,32,33)/t18?,20-/m0/s1. The van der Waals surface area contributed by atoms with Gasteiger partial charge in [0.1, 0.15) is 23.9 Å². The van der Waals surface area contributed by atoms with Crippen LogP contribution in [0.2, 0.25) is 0 Å². The first-order valence-electron chi connectivity index (χ1n) is 11.5. The van der Waals surface area contributed by atoms with Gasteiger partial charge in [-0.1, -0.05) is 37.3 Å². The Bertz CT molecular complexity index is 1170. The van der Waals surface area contributed by atoms with E-state index in [0.29, 0.717) is 17.3 Å². The molecule has 38 heavy (non-hydrogen) atoms. The zero-order chi connectivity index (χ0) is 27.5. The molecule has 1 unspecified atom stereocenters. The van der Waals surface area contributed by atoms with E-state index in [4.69, 9.17) is 9.47 Å². The number of nitrogens with one attached hydrogen (secondary N) is 1. The minimum atomic E-state index is -4.77. The molecule has 7 nitrogen and oxygen atoms in total. The molecule has 202 valence electrons. The van der Waals surface area contributed by atoms with Gasteiger partial charge in [0.05, 0.1) is 5.92 Å². The number of halogens is 3. The molecule has 0 aliphatic heterocycles. The lowest BCUT2D eigenvalue weighted by atomic mass is 10.0. The van der Waals surface area contributed by atoms with Crippen molar-refractivity contribution in [3.05, 3.63) is 84.4 Å². The number of amides is 1. The van der Waals surface area contributed by atoms with Crippen molar-refractivity contribution in [1.29, 1.82) is 0 Å². The second-order valence-electron chi connectivity index (χ2n) is 8.28. The van der Waals surface area contributed by atoms with E-state index in [1.165, 1.54) is 23.9 Å². The second-order valence-corrected chi connectivity index (χ2v) is 9.38. The zero-order valence-electron chi connectivity index (χ0n) is 20.3. The number of carboxylic acids is 1. The number of alkyl halides is 3. The Morgan fingerprint density at radius 2 is 1.50 bits per heavy atom. The topological polar surface area (TPSA) is 94.1 Å². The summed E-state index contributed by atoms with van der Waals surface area (Å²) in [6.07, 6.45) is -5.18. The minimum Gasteiger partial charge on any atom is -0.481 e. The number of hydrogen-bond acceptors (Lipinski definition) is 6. The molecule has 3 aromatic carbocycles. The van der Waals surface area contributed by atoms with Gasteiger partial charge in [-0.3, -0.25) is 4.79 Å². The van der Waals surface area contributed by atoms with E-state index in [2.05, 4.69) is 10.1 Å². The third-order valence-electron chi connectivity index (χ3n) is 5.16. The van der Waals surface area contributed by atoms with Gasteiger partial charge in [-0.2, -0.15) is 0 Å². The molecular formula is C27H26F3NO6S. The van der Waals surface area contributed by atoms with Gasteiger partial charge in [0, 0.05) is 16.7 Å². The van der Waals surface area contributed by atoms with Gasteiger partial charge in [-0.15, -0.1) is 24.9 Å². The molecule has 3 rings (SSSR count). The number of hydrogen-bond donors (Lipinski definition) is 2. The van der Waals surface area contributed by atoms with Crippen LogP contribution in [0.5, 0.6) is 17.2 Å². The second kappa shape index (κ2) is 13.6. The van der Waals surface area contributed by atoms with Gasteiger partial charge >= 0.3 is 18.4 Å². The molecule has 0 heterocycles. The average Bonchev–Trinajstić information content (AvgIpc) is 2.87. The van der Waals surface area contributed by atoms with Gasteiger partial charge in [-0.25, -0.2) is 4.79 Å². The van der Waals surface area contributed by atoms with E-state index in [1.54, 1.807) is 31.2 Å². The summed E-state index contributed by atoms with van der Waals surface area (Å²) in [5.41, 5.74) is 0.834. The SMILES string of the molecule is CC(C[C@@H](CSc1ccc(Oc2ccc(OC(F)(F)F)cc2)cc1)NC(=O)OCc1ccccc1)C(=O)O. The molecule has 0 aliphatic carbocycles. The molecule has 0 radical (unpaired) electrons. The fraction of sp³-hybridized carbons (Fsp3) is 0.259. The predicted octanol–water partition coefficient (Wildman–Crippen LogP) is 6.88. The van der Waals surface area contributed by atoms with Gasteiger partial charge in [-0.05, 0) is 60.5 Å². The van der Waals surface area contributed by atoms with E-state index < -0.39 is 30.4 Å². The lowest BCUT2D eigenvalue weighted by molar-refractivity contribution is -0.274. The molecule has 3 aromatic rings. The van der Waals surface area contributed by atoms with Crippen LogP contribution in [0.25, 0.3) is 0 Å². The van der Waals surface area contributed by atoms with Crippen molar-refractivity contribution < 1.29 is 42.1 Å². The molecule has 2 N–H and O–H groups in total. The number of ether oxygens (including phenoxy) is 3. The molecule has 0 fully saturated rings. The number of carbonyl (C=O) groups is 2. The van der Waals surface area contributed by atoms with Crippen LogP contribution in [0.3, 0.4) is 0 Å². The molecule has 11 heteroatoms. The van der Waals surface area contributed by atoms with E-state index in [9.17, 15) is 27.9 Å². The highest BCUT2D eigenvalue weighted by Crippen LogP contribution is 2.29. The highest BCUT2D eigenvalue weighted by atomic mass is 32.2. The summed E-state index contributed by atoms with van der Waals surface area (Å²) in [4.78, 5) is 24.5. The van der Waals surface area contributed by atoms with E-state index in [-0.39, 0.29) is 18.8 Å². The van der Waals surface area contributed by atoms with E-state index in [1.807, 2.05) is 30.3 Å². The molecule has 0 aliphatic rings. The molecular weight excluding hydrogens is 523 g/mol.